The Morgan fingerprint density at radius 3 is 2.60 bits per heavy atom. The molecule has 0 bridgehead atoms. The molecule has 0 aliphatic rings. The summed E-state index contributed by atoms with van der Waals surface area (Å²) in [6.45, 7) is 0.0230. The number of fused-ring (bicyclic) bond motifs is 1. The fourth-order valence-electron chi connectivity index (χ4n) is 1.94. The van der Waals surface area contributed by atoms with E-state index in [1.807, 2.05) is 42.5 Å². The molecule has 4 heteroatoms. The Balaban J connectivity index is 1.72. The van der Waals surface area contributed by atoms with Gasteiger partial charge in [0, 0.05) is 0 Å². The average Bonchev–Trinajstić information content (AvgIpc) is 2.91. The molecule has 0 unspecified atom stereocenters. The first-order chi connectivity index (χ1) is 9.72. The molecule has 20 heavy (non-hydrogen) atoms. The molecule has 0 saturated heterocycles. The van der Waals surface area contributed by atoms with Gasteiger partial charge in [0.05, 0.1) is 9.21 Å². The number of ether oxygens (including phenoxy) is 1. The highest BCUT2D eigenvalue weighted by Crippen LogP contribution is 2.23. The predicted octanol–water partition coefficient (Wildman–Crippen LogP) is 4.82. The Bertz CT molecular complexity index is 764. The molecular formula is C16H11ClO2S. The lowest BCUT2D eigenvalue weighted by Gasteiger charge is -2.06. The Morgan fingerprint density at radius 2 is 1.85 bits per heavy atom. The monoisotopic (exact) mass is 302 g/mol. The molecule has 0 radical (unpaired) electrons. The van der Waals surface area contributed by atoms with E-state index in [0.29, 0.717) is 15.0 Å². The SMILES string of the molecule is O=C(COc1ccc2ccccc2c1)c1ccc(Cl)s1. The van der Waals surface area contributed by atoms with Gasteiger partial charge >= 0.3 is 0 Å². The third kappa shape index (κ3) is 2.84. The van der Waals surface area contributed by atoms with E-state index in [-0.39, 0.29) is 12.4 Å². The van der Waals surface area contributed by atoms with Gasteiger partial charge in [0.2, 0.25) is 5.78 Å². The van der Waals surface area contributed by atoms with Crippen molar-refractivity contribution in [3.63, 3.8) is 0 Å². The van der Waals surface area contributed by atoms with Gasteiger partial charge in [-0.05, 0) is 35.0 Å². The van der Waals surface area contributed by atoms with Crippen molar-refractivity contribution >= 4 is 39.5 Å². The van der Waals surface area contributed by atoms with Crippen molar-refractivity contribution < 1.29 is 9.53 Å². The van der Waals surface area contributed by atoms with Gasteiger partial charge in [0.25, 0.3) is 0 Å². The highest BCUT2D eigenvalue weighted by Gasteiger charge is 2.09. The summed E-state index contributed by atoms with van der Waals surface area (Å²) in [5, 5.41) is 2.24. The molecule has 100 valence electrons. The van der Waals surface area contributed by atoms with Crippen LogP contribution >= 0.6 is 22.9 Å². The van der Waals surface area contributed by atoms with Gasteiger partial charge in [-0.1, -0.05) is 41.9 Å². The van der Waals surface area contributed by atoms with Gasteiger partial charge in [0.15, 0.2) is 6.61 Å². The van der Waals surface area contributed by atoms with E-state index in [0.717, 1.165) is 10.8 Å². The normalized spacial score (nSPS) is 10.7. The topological polar surface area (TPSA) is 26.3 Å². The maximum atomic E-state index is 11.9. The van der Waals surface area contributed by atoms with E-state index in [9.17, 15) is 4.79 Å². The van der Waals surface area contributed by atoms with Gasteiger partial charge in [-0.2, -0.15) is 0 Å². The zero-order chi connectivity index (χ0) is 13.9. The van der Waals surface area contributed by atoms with Crippen molar-refractivity contribution in [2.24, 2.45) is 0 Å². The molecule has 0 spiro atoms. The van der Waals surface area contributed by atoms with Crippen LogP contribution in [0.15, 0.2) is 54.6 Å². The minimum Gasteiger partial charge on any atom is -0.485 e. The van der Waals surface area contributed by atoms with E-state index in [1.54, 1.807) is 12.1 Å². The number of hydrogen-bond donors (Lipinski definition) is 0. The fraction of sp³-hybridized carbons (Fsp3) is 0.0625. The van der Waals surface area contributed by atoms with E-state index < -0.39 is 0 Å². The van der Waals surface area contributed by atoms with Gasteiger partial charge in [-0.3, -0.25) is 4.79 Å². The molecule has 0 N–H and O–H groups in total. The molecule has 0 fully saturated rings. The third-order valence-electron chi connectivity index (χ3n) is 2.94. The van der Waals surface area contributed by atoms with Crippen molar-refractivity contribution in [1.29, 1.82) is 0 Å². The van der Waals surface area contributed by atoms with E-state index >= 15 is 0 Å². The van der Waals surface area contributed by atoms with Crippen molar-refractivity contribution in [3.05, 3.63) is 63.8 Å². The summed E-state index contributed by atoms with van der Waals surface area (Å²) in [4.78, 5) is 12.5. The lowest BCUT2D eigenvalue weighted by Crippen LogP contribution is -2.09. The van der Waals surface area contributed by atoms with Gasteiger partial charge < -0.3 is 4.74 Å². The number of ketones is 1. The van der Waals surface area contributed by atoms with Crippen LogP contribution in [0.2, 0.25) is 4.34 Å². The van der Waals surface area contributed by atoms with Crippen molar-refractivity contribution in [3.8, 4) is 5.75 Å². The second kappa shape index (κ2) is 5.65. The lowest BCUT2D eigenvalue weighted by atomic mass is 10.1. The van der Waals surface area contributed by atoms with E-state index in [4.69, 9.17) is 16.3 Å². The second-order valence-electron chi connectivity index (χ2n) is 4.32. The van der Waals surface area contributed by atoms with Gasteiger partial charge in [-0.25, -0.2) is 0 Å². The quantitative estimate of drug-likeness (QED) is 0.646. The van der Waals surface area contributed by atoms with Crippen LogP contribution in [-0.2, 0) is 0 Å². The predicted molar refractivity (Wildman–Crippen MR) is 83.1 cm³/mol. The first kappa shape index (κ1) is 13.2. The molecule has 1 aromatic heterocycles. The third-order valence-corrected chi connectivity index (χ3v) is 4.21. The number of thiophene rings is 1. The highest BCUT2D eigenvalue weighted by molar-refractivity contribution is 7.18. The molecule has 3 rings (SSSR count). The summed E-state index contributed by atoms with van der Waals surface area (Å²) in [7, 11) is 0. The first-order valence-electron chi connectivity index (χ1n) is 6.12. The molecule has 0 amide bonds. The minimum absolute atomic E-state index is 0.0230. The number of carbonyl (C=O) groups excluding carboxylic acids is 1. The summed E-state index contributed by atoms with van der Waals surface area (Å²) < 4.78 is 6.16. The number of carbonyl (C=O) groups is 1. The standard InChI is InChI=1S/C16H11ClO2S/c17-16-8-7-15(20-16)14(18)10-19-13-6-5-11-3-1-2-4-12(11)9-13/h1-9H,10H2. The molecule has 2 nitrogen and oxygen atoms in total. The number of hydrogen-bond acceptors (Lipinski definition) is 3. The fourth-order valence-corrected chi connectivity index (χ4v) is 2.91. The molecule has 1 heterocycles. The van der Waals surface area contributed by atoms with Gasteiger partial charge in [0.1, 0.15) is 5.75 Å². The first-order valence-corrected chi connectivity index (χ1v) is 7.32. The molecule has 0 aliphatic carbocycles. The molecular weight excluding hydrogens is 292 g/mol. The van der Waals surface area contributed by atoms with Crippen LogP contribution in [-0.4, -0.2) is 12.4 Å². The van der Waals surface area contributed by atoms with Crippen LogP contribution in [0.4, 0.5) is 0 Å². The maximum absolute atomic E-state index is 11.9. The number of rotatable bonds is 4. The summed E-state index contributed by atoms with van der Waals surface area (Å²) in [5.41, 5.74) is 0. The number of halogens is 1. The van der Waals surface area contributed by atoms with Crippen molar-refractivity contribution in [2.45, 2.75) is 0 Å². The van der Waals surface area contributed by atoms with Crippen molar-refractivity contribution in [2.75, 3.05) is 6.61 Å². The molecule has 3 aromatic rings. The molecule has 0 saturated carbocycles. The van der Waals surface area contributed by atoms with Crippen LogP contribution in [0.5, 0.6) is 5.75 Å². The van der Waals surface area contributed by atoms with Gasteiger partial charge in [-0.15, -0.1) is 11.3 Å². The van der Waals surface area contributed by atoms with Crippen molar-refractivity contribution in [1.82, 2.24) is 0 Å². The Kier molecular flexibility index (Phi) is 3.72. The largest absolute Gasteiger partial charge is 0.485 e. The van der Waals surface area contributed by atoms with E-state index in [1.165, 1.54) is 11.3 Å². The Morgan fingerprint density at radius 1 is 1.05 bits per heavy atom. The maximum Gasteiger partial charge on any atom is 0.210 e. The highest BCUT2D eigenvalue weighted by atomic mass is 35.5. The zero-order valence-corrected chi connectivity index (χ0v) is 12.1. The molecule has 0 atom stereocenters. The summed E-state index contributed by atoms with van der Waals surface area (Å²) in [5.74, 6) is 0.634. The van der Waals surface area contributed by atoms with E-state index in [2.05, 4.69) is 0 Å². The lowest BCUT2D eigenvalue weighted by molar-refractivity contribution is 0.0925. The smallest absolute Gasteiger partial charge is 0.210 e. The van der Waals surface area contributed by atoms with Crippen LogP contribution in [0.1, 0.15) is 9.67 Å². The summed E-state index contributed by atoms with van der Waals surface area (Å²) >= 11 is 7.08. The minimum atomic E-state index is -0.0601. The Labute approximate surface area is 125 Å². The molecule has 2 aromatic carbocycles. The summed E-state index contributed by atoms with van der Waals surface area (Å²) in [6, 6.07) is 17.3. The van der Waals surface area contributed by atoms with Crippen LogP contribution in [0.3, 0.4) is 0 Å². The molecule has 0 aliphatic heterocycles. The number of Topliss-reactive ketones (excluding diaryl/α,β-unsaturated/α-hetero) is 1. The average molecular weight is 303 g/mol. The Hall–Kier alpha value is -1.84. The second-order valence-corrected chi connectivity index (χ2v) is 6.04. The zero-order valence-electron chi connectivity index (χ0n) is 10.5. The van der Waals surface area contributed by atoms with Crippen LogP contribution in [0, 0.1) is 0 Å². The van der Waals surface area contributed by atoms with Crippen LogP contribution < -0.4 is 4.74 Å². The van der Waals surface area contributed by atoms with Crippen LogP contribution in [0.25, 0.3) is 10.8 Å². The number of benzene rings is 2. The summed E-state index contributed by atoms with van der Waals surface area (Å²) in [6.07, 6.45) is 0.